The minimum atomic E-state index is -0.0197. The monoisotopic (exact) mass is 415 g/mol. The molecule has 0 aliphatic heterocycles. The van der Waals surface area contributed by atoms with Crippen molar-refractivity contribution in [3.05, 3.63) is 49.9 Å². The highest BCUT2D eigenvalue weighted by Gasteiger charge is 2.22. The normalized spacial score (nSPS) is 11.5. The van der Waals surface area contributed by atoms with Crippen molar-refractivity contribution in [1.29, 1.82) is 0 Å². The largest absolute Gasteiger partial charge is 0.372 e. The lowest BCUT2D eigenvalue weighted by Gasteiger charge is -2.21. The van der Waals surface area contributed by atoms with Crippen LogP contribution in [0.4, 0.5) is 5.82 Å². The number of nitrogens with zero attached hydrogens (tertiary/aromatic N) is 2. The van der Waals surface area contributed by atoms with E-state index in [-0.39, 0.29) is 5.41 Å². The standard InChI is InChI=1S/C16H19ClIN3/c1-16(2,3)14-13(18)15(19-4)21-12(20-14)9-10-6-5-7-11(17)8-10/h5-8H,9H2,1-4H3,(H,19,20,21). The van der Waals surface area contributed by atoms with E-state index in [9.17, 15) is 0 Å². The highest BCUT2D eigenvalue weighted by atomic mass is 127. The van der Waals surface area contributed by atoms with Crippen LogP contribution in [0.15, 0.2) is 24.3 Å². The SMILES string of the molecule is CNc1nc(Cc2cccc(Cl)c2)nc(C(C)(C)C)c1I. The van der Waals surface area contributed by atoms with Crippen molar-refractivity contribution >= 4 is 40.0 Å². The van der Waals surface area contributed by atoms with E-state index in [0.29, 0.717) is 6.42 Å². The number of anilines is 1. The van der Waals surface area contributed by atoms with Gasteiger partial charge in [-0.3, -0.25) is 0 Å². The van der Waals surface area contributed by atoms with Crippen LogP contribution >= 0.6 is 34.2 Å². The lowest BCUT2D eigenvalue weighted by Crippen LogP contribution is -2.19. The Labute approximate surface area is 144 Å². The molecule has 0 atom stereocenters. The highest BCUT2D eigenvalue weighted by Crippen LogP contribution is 2.29. The van der Waals surface area contributed by atoms with Crippen molar-refractivity contribution in [3.8, 4) is 0 Å². The van der Waals surface area contributed by atoms with Gasteiger partial charge in [0.05, 0.1) is 9.26 Å². The number of nitrogens with one attached hydrogen (secondary N) is 1. The van der Waals surface area contributed by atoms with E-state index in [1.165, 1.54) is 0 Å². The molecular weight excluding hydrogens is 397 g/mol. The molecule has 0 unspecified atom stereocenters. The van der Waals surface area contributed by atoms with E-state index < -0.39 is 0 Å². The van der Waals surface area contributed by atoms with Crippen LogP contribution in [0.25, 0.3) is 0 Å². The third kappa shape index (κ3) is 4.07. The topological polar surface area (TPSA) is 37.8 Å². The number of hydrogen-bond acceptors (Lipinski definition) is 3. The quantitative estimate of drug-likeness (QED) is 0.741. The van der Waals surface area contributed by atoms with Gasteiger partial charge in [-0.25, -0.2) is 9.97 Å². The third-order valence-electron chi connectivity index (χ3n) is 3.10. The van der Waals surface area contributed by atoms with Crippen molar-refractivity contribution in [1.82, 2.24) is 9.97 Å². The summed E-state index contributed by atoms with van der Waals surface area (Å²) >= 11 is 8.35. The average Bonchev–Trinajstić information content (AvgIpc) is 2.39. The summed E-state index contributed by atoms with van der Waals surface area (Å²) in [5, 5.41) is 3.90. The van der Waals surface area contributed by atoms with Crippen molar-refractivity contribution in [2.75, 3.05) is 12.4 Å². The Bertz CT molecular complexity index is 650. The van der Waals surface area contributed by atoms with Gasteiger partial charge in [-0.05, 0) is 40.3 Å². The summed E-state index contributed by atoms with van der Waals surface area (Å²) in [5.41, 5.74) is 2.17. The molecule has 0 saturated heterocycles. The van der Waals surface area contributed by atoms with E-state index >= 15 is 0 Å². The first-order chi connectivity index (χ1) is 9.81. The highest BCUT2D eigenvalue weighted by molar-refractivity contribution is 14.1. The molecule has 21 heavy (non-hydrogen) atoms. The average molecular weight is 416 g/mol. The summed E-state index contributed by atoms with van der Waals surface area (Å²) in [5.74, 6) is 1.69. The Balaban J connectivity index is 2.45. The van der Waals surface area contributed by atoms with Gasteiger partial charge in [0.2, 0.25) is 0 Å². The predicted molar refractivity (Wildman–Crippen MR) is 97.3 cm³/mol. The van der Waals surface area contributed by atoms with Gasteiger partial charge in [0.15, 0.2) is 0 Å². The van der Waals surface area contributed by atoms with Gasteiger partial charge in [-0.2, -0.15) is 0 Å². The molecule has 0 bridgehead atoms. The lowest BCUT2D eigenvalue weighted by molar-refractivity contribution is 0.559. The van der Waals surface area contributed by atoms with Gasteiger partial charge in [0, 0.05) is 23.9 Å². The Kier molecular flexibility index (Phi) is 5.09. The van der Waals surface area contributed by atoms with Gasteiger partial charge in [-0.15, -0.1) is 0 Å². The lowest BCUT2D eigenvalue weighted by atomic mass is 9.91. The van der Waals surface area contributed by atoms with E-state index in [0.717, 1.165) is 31.5 Å². The maximum atomic E-state index is 6.04. The Morgan fingerprint density at radius 3 is 2.52 bits per heavy atom. The van der Waals surface area contributed by atoms with Crippen molar-refractivity contribution in [2.24, 2.45) is 0 Å². The second kappa shape index (κ2) is 6.48. The van der Waals surface area contributed by atoms with Gasteiger partial charge in [0.1, 0.15) is 11.6 Å². The van der Waals surface area contributed by atoms with Crippen LogP contribution in [-0.4, -0.2) is 17.0 Å². The van der Waals surface area contributed by atoms with E-state index in [4.69, 9.17) is 16.6 Å². The third-order valence-corrected chi connectivity index (χ3v) is 4.35. The minimum absolute atomic E-state index is 0.0197. The summed E-state index contributed by atoms with van der Waals surface area (Å²) in [7, 11) is 1.89. The van der Waals surface area contributed by atoms with E-state index in [1.54, 1.807) is 0 Å². The van der Waals surface area contributed by atoms with Crippen LogP contribution in [-0.2, 0) is 11.8 Å². The van der Waals surface area contributed by atoms with Gasteiger partial charge >= 0.3 is 0 Å². The molecule has 0 aliphatic carbocycles. The van der Waals surface area contributed by atoms with Gasteiger partial charge < -0.3 is 5.32 Å². The van der Waals surface area contributed by atoms with Gasteiger partial charge in [0.25, 0.3) is 0 Å². The number of rotatable bonds is 3. The maximum Gasteiger partial charge on any atom is 0.143 e. The van der Waals surface area contributed by atoms with E-state index in [2.05, 4.69) is 53.7 Å². The van der Waals surface area contributed by atoms with Crippen molar-refractivity contribution in [3.63, 3.8) is 0 Å². The summed E-state index contributed by atoms with van der Waals surface area (Å²) < 4.78 is 1.08. The van der Waals surface area contributed by atoms with Crippen LogP contribution in [0.1, 0.15) is 37.9 Å². The molecule has 0 fully saturated rings. The Morgan fingerprint density at radius 2 is 1.95 bits per heavy atom. The molecule has 0 saturated carbocycles. The van der Waals surface area contributed by atoms with Crippen LogP contribution in [0, 0.1) is 3.57 Å². The number of benzene rings is 1. The molecule has 0 spiro atoms. The second-order valence-corrected chi connectivity index (χ2v) is 7.47. The zero-order valence-corrected chi connectivity index (χ0v) is 15.6. The molecule has 2 aromatic rings. The summed E-state index contributed by atoms with van der Waals surface area (Å²) in [6.07, 6.45) is 0.676. The number of halogens is 2. The number of aromatic nitrogens is 2. The predicted octanol–water partition coefficient (Wildman–Crippen LogP) is 4.66. The first-order valence-corrected chi connectivity index (χ1v) is 8.26. The van der Waals surface area contributed by atoms with Crippen molar-refractivity contribution in [2.45, 2.75) is 32.6 Å². The fraction of sp³-hybridized carbons (Fsp3) is 0.375. The molecule has 5 heteroatoms. The van der Waals surface area contributed by atoms with Crippen LogP contribution in [0.2, 0.25) is 5.02 Å². The van der Waals surface area contributed by atoms with Gasteiger partial charge in [-0.1, -0.05) is 44.5 Å². The molecule has 2 rings (SSSR count). The molecule has 1 heterocycles. The summed E-state index contributed by atoms with van der Waals surface area (Å²) in [6.45, 7) is 6.50. The Hall–Kier alpha value is -0.880. The van der Waals surface area contributed by atoms with Crippen molar-refractivity contribution < 1.29 is 0 Å². The summed E-state index contributed by atoms with van der Waals surface area (Å²) in [4.78, 5) is 9.39. The fourth-order valence-corrected chi connectivity index (χ4v) is 3.60. The molecule has 1 aromatic heterocycles. The second-order valence-electron chi connectivity index (χ2n) is 5.96. The molecule has 0 radical (unpaired) electrons. The zero-order valence-electron chi connectivity index (χ0n) is 12.7. The molecule has 1 aromatic carbocycles. The molecule has 112 valence electrons. The zero-order chi connectivity index (χ0) is 15.6. The molecule has 1 N–H and O–H groups in total. The van der Waals surface area contributed by atoms with Crippen LogP contribution in [0.5, 0.6) is 0 Å². The van der Waals surface area contributed by atoms with Crippen LogP contribution < -0.4 is 5.32 Å². The maximum absolute atomic E-state index is 6.04. The minimum Gasteiger partial charge on any atom is -0.372 e. The summed E-state index contributed by atoms with van der Waals surface area (Å²) in [6, 6.07) is 7.83. The molecule has 0 amide bonds. The number of hydrogen-bond donors (Lipinski definition) is 1. The molecule has 0 aliphatic rings. The molecular formula is C16H19ClIN3. The smallest absolute Gasteiger partial charge is 0.143 e. The first-order valence-electron chi connectivity index (χ1n) is 6.80. The first kappa shape index (κ1) is 16.5. The molecule has 3 nitrogen and oxygen atoms in total. The Morgan fingerprint density at radius 1 is 1.24 bits per heavy atom. The fourth-order valence-electron chi connectivity index (χ4n) is 2.06. The van der Waals surface area contributed by atoms with E-state index in [1.807, 2.05) is 31.3 Å². The van der Waals surface area contributed by atoms with Crippen LogP contribution in [0.3, 0.4) is 0 Å².